The first-order chi connectivity index (χ1) is 7.16. The Morgan fingerprint density at radius 2 is 1.73 bits per heavy atom. The lowest BCUT2D eigenvalue weighted by atomic mass is 10.1. The zero-order valence-corrected chi connectivity index (χ0v) is 9.39. The van der Waals surface area contributed by atoms with Crippen LogP contribution in [-0.2, 0) is 0 Å². The van der Waals surface area contributed by atoms with Crippen LogP contribution in [0.15, 0.2) is 36.4 Å². The van der Waals surface area contributed by atoms with Crippen molar-refractivity contribution in [3.05, 3.63) is 36.4 Å². The summed E-state index contributed by atoms with van der Waals surface area (Å²) in [5.41, 5.74) is 0. The number of carboxylic acid groups (broad SMARTS) is 1. The first kappa shape index (κ1) is 10.0. The molecular weight excluding hydrogens is 207 g/mol. The molecule has 74 valence electrons. The Morgan fingerprint density at radius 1 is 1.13 bits per heavy atom. The number of phenolic OH excluding ortho intramolecular Hbond substituents is 1. The fraction of sp³-hybridized carbons (Fsp3) is 0. The summed E-state index contributed by atoms with van der Waals surface area (Å²) < 4.78 is 0.584. The normalized spacial score (nSPS) is 10.1. The van der Waals surface area contributed by atoms with Gasteiger partial charge in [-0.15, -0.1) is 0 Å². The minimum Gasteiger partial charge on any atom is -0.509 e. The second-order valence-electron chi connectivity index (χ2n) is 3.40. The van der Waals surface area contributed by atoms with Crippen molar-refractivity contribution in [2.24, 2.45) is 0 Å². The summed E-state index contributed by atoms with van der Waals surface area (Å²) in [4.78, 5) is 9.80. The average molecular weight is 216 g/mol. The second-order valence-corrected chi connectivity index (χ2v) is 5.12. The van der Waals surface area contributed by atoms with Gasteiger partial charge in [0, 0.05) is 0 Å². The SMILES string of the molecule is O=[C](O)[AlH][c]1cc2ccccc2cc1O. The molecule has 0 amide bonds. The Morgan fingerprint density at radius 3 is 2.33 bits per heavy atom. The number of hydrogen-bond acceptors (Lipinski definition) is 2. The van der Waals surface area contributed by atoms with Gasteiger partial charge >= 0.3 is 15.2 Å². The molecule has 15 heavy (non-hydrogen) atoms. The largest absolute Gasteiger partial charge is 0.509 e. The summed E-state index contributed by atoms with van der Waals surface area (Å²) in [5, 5.41) is 20.2. The van der Waals surface area contributed by atoms with Crippen molar-refractivity contribution >= 4 is 35.2 Å². The molecule has 0 bridgehead atoms. The maximum Gasteiger partial charge on any atom is 0.454 e. The Hall–Kier alpha value is -1.50. The summed E-state index contributed by atoms with van der Waals surface area (Å²) in [5.74, 6) is 0.0998. The summed E-state index contributed by atoms with van der Waals surface area (Å²) in [6.07, 6.45) is 0. The van der Waals surface area contributed by atoms with Crippen LogP contribution in [0.5, 0.6) is 5.75 Å². The van der Waals surface area contributed by atoms with Crippen molar-refractivity contribution in [3.8, 4) is 5.75 Å². The molecule has 0 unspecified atom stereocenters. The van der Waals surface area contributed by atoms with Gasteiger partial charge in [0.05, 0.1) is 0 Å². The Balaban J connectivity index is 2.56. The molecule has 0 spiro atoms. The van der Waals surface area contributed by atoms with Crippen molar-refractivity contribution in [3.63, 3.8) is 0 Å². The third kappa shape index (κ3) is 2.12. The molecule has 0 aliphatic rings. The monoisotopic (exact) mass is 216 g/mol. The molecule has 0 aromatic heterocycles. The van der Waals surface area contributed by atoms with E-state index in [1.54, 1.807) is 12.1 Å². The lowest BCUT2D eigenvalue weighted by molar-refractivity contribution is 0.220. The number of aromatic hydroxyl groups is 1. The molecule has 2 rings (SSSR count). The minimum absolute atomic E-state index is 0.0998. The van der Waals surface area contributed by atoms with Crippen LogP contribution in [0.3, 0.4) is 0 Å². The van der Waals surface area contributed by atoms with Crippen LogP contribution in [0.2, 0.25) is 0 Å². The number of hydrogen-bond donors (Lipinski definition) is 2. The fourth-order valence-electron chi connectivity index (χ4n) is 1.58. The standard InChI is InChI=1S/C10H7O.CHO2.Al.H/c11-10-6-5-8-3-1-2-4-9(8)7-10;2-1-3;;/h1-5,7,11H;(H,2,3);;. The molecule has 2 aromatic rings. The quantitative estimate of drug-likeness (QED) is 0.743. The molecule has 2 N–H and O–H groups in total. The Bertz CT molecular complexity index is 522. The average Bonchev–Trinajstić information content (AvgIpc) is 2.18. The molecule has 0 atom stereocenters. The smallest absolute Gasteiger partial charge is 0.454 e. The topological polar surface area (TPSA) is 57.5 Å². The van der Waals surface area contributed by atoms with Crippen LogP contribution in [0.25, 0.3) is 10.8 Å². The molecule has 4 heteroatoms. The zero-order chi connectivity index (χ0) is 10.8. The summed E-state index contributed by atoms with van der Waals surface area (Å²) in [6, 6.07) is 11.0. The van der Waals surface area contributed by atoms with Gasteiger partial charge in [-0.3, -0.25) is 4.79 Å². The predicted octanol–water partition coefficient (Wildman–Crippen LogP) is 1.29. The highest BCUT2D eigenvalue weighted by Crippen LogP contribution is 2.17. The maximum absolute atomic E-state index is 10.6. The fourth-order valence-corrected chi connectivity index (χ4v) is 2.51. The van der Waals surface area contributed by atoms with Crippen molar-refractivity contribution in [1.82, 2.24) is 0 Å². The van der Waals surface area contributed by atoms with E-state index in [2.05, 4.69) is 0 Å². The zero-order valence-electron chi connectivity index (χ0n) is 7.97. The lowest BCUT2D eigenvalue weighted by Crippen LogP contribution is -2.22. The second kappa shape index (κ2) is 3.94. The van der Waals surface area contributed by atoms with Gasteiger partial charge in [0.2, 0.25) is 0 Å². The third-order valence-corrected chi connectivity index (χ3v) is 3.54. The van der Waals surface area contributed by atoms with Crippen molar-refractivity contribution < 1.29 is 15.0 Å². The van der Waals surface area contributed by atoms with Gasteiger partial charge < -0.3 is 10.2 Å². The molecule has 0 heterocycles. The van der Waals surface area contributed by atoms with Crippen LogP contribution in [0, 0.1) is 0 Å². The first-order valence-electron chi connectivity index (χ1n) is 4.59. The minimum atomic E-state index is -1.43. The first-order valence-corrected chi connectivity index (χ1v) is 6.00. The van der Waals surface area contributed by atoms with Crippen LogP contribution in [0.4, 0.5) is 4.79 Å². The molecule has 0 aliphatic heterocycles. The highest BCUT2D eigenvalue weighted by atomic mass is 27.1. The van der Waals surface area contributed by atoms with E-state index in [1.165, 1.54) is 0 Å². The molecule has 0 saturated carbocycles. The van der Waals surface area contributed by atoms with E-state index >= 15 is 0 Å². The molecule has 0 fully saturated rings. The lowest BCUT2D eigenvalue weighted by Gasteiger charge is -2.03. The van der Waals surface area contributed by atoms with Gasteiger partial charge in [-0.25, -0.2) is 0 Å². The van der Waals surface area contributed by atoms with E-state index in [0.717, 1.165) is 10.8 Å². The van der Waals surface area contributed by atoms with Gasteiger partial charge in [0.25, 0.3) is 0 Å². The van der Waals surface area contributed by atoms with Crippen LogP contribution in [0.1, 0.15) is 0 Å². The highest BCUT2D eigenvalue weighted by molar-refractivity contribution is 6.83. The van der Waals surface area contributed by atoms with Gasteiger partial charge in [-0.1, -0.05) is 34.8 Å². The summed E-state index contributed by atoms with van der Waals surface area (Å²) in [6.45, 7) is 0. The van der Waals surface area contributed by atoms with Crippen LogP contribution >= 0.6 is 0 Å². The molecular formula is C11H9AlO3. The van der Waals surface area contributed by atoms with Gasteiger partial charge in [-0.05, 0) is 16.8 Å². The van der Waals surface area contributed by atoms with E-state index in [0.29, 0.717) is 4.43 Å². The number of benzene rings is 2. The molecule has 0 aliphatic carbocycles. The van der Waals surface area contributed by atoms with E-state index in [1.807, 2.05) is 24.3 Å². The molecule has 0 saturated heterocycles. The van der Waals surface area contributed by atoms with E-state index in [9.17, 15) is 9.90 Å². The number of carbonyl (C=O) groups is 1. The predicted molar refractivity (Wildman–Crippen MR) is 60.4 cm³/mol. The van der Waals surface area contributed by atoms with Gasteiger partial charge in [0.1, 0.15) is 5.75 Å². The molecule has 0 radical (unpaired) electrons. The molecule has 3 nitrogen and oxygen atoms in total. The van der Waals surface area contributed by atoms with Crippen molar-refractivity contribution in [2.45, 2.75) is 0 Å². The van der Waals surface area contributed by atoms with Crippen LogP contribution in [-0.4, -0.2) is 30.3 Å². The van der Waals surface area contributed by atoms with Gasteiger partial charge in [-0.2, -0.15) is 0 Å². The summed E-state index contributed by atoms with van der Waals surface area (Å²) >= 11 is -1.43. The van der Waals surface area contributed by atoms with E-state index in [-0.39, 0.29) is 5.75 Å². The van der Waals surface area contributed by atoms with Crippen molar-refractivity contribution in [2.75, 3.05) is 0 Å². The van der Waals surface area contributed by atoms with Crippen LogP contribution < -0.4 is 4.43 Å². The highest BCUT2D eigenvalue weighted by Gasteiger charge is 2.11. The van der Waals surface area contributed by atoms with Crippen molar-refractivity contribution in [1.29, 1.82) is 0 Å². The van der Waals surface area contributed by atoms with Gasteiger partial charge in [0.15, 0.2) is 4.83 Å². The van der Waals surface area contributed by atoms with E-state index in [4.69, 9.17) is 5.11 Å². The number of rotatable bonds is 2. The Kier molecular flexibility index (Phi) is 2.63. The number of fused-ring (bicyclic) bond motifs is 1. The maximum atomic E-state index is 10.6. The molecule has 2 aromatic carbocycles. The number of phenols is 1. The summed E-state index contributed by atoms with van der Waals surface area (Å²) in [7, 11) is 0. The Labute approximate surface area is 92.7 Å². The van der Waals surface area contributed by atoms with E-state index < -0.39 is 20.1 Å². The third-order valence-electron chi connectivity index (χ3n) is 2.29.